The SMILES string of the molecule is CCc1cc(N)cc(CC)c1Cc1c(C)cc(N)cc1C. The fraction of sp³-hybridized carbons (Fsp3) is 0.368. The van der Waals surface area contributed by atoms with E-state index in [0.717, 1.165) is 30.6 Å². The summed E-state index contributed by atoms with van der Waals surface area (Å²) in [6.45, 7) is 8.68. The van der Waals surface area contributed by atoms with Crippen LogP contribution in [0.5, 0.6) is 0 Å². The Bertz CT molecular complexity index is 609. The summed E-state index contributed by atoms with van der Waals surface area (Å²) in [6, 6.07) is 8.38. The lowest BCUT2D eigenvalue weighted by Gasteiger charge is -2.18. The maximum absolute atomic E-state index is 6.04. The summed E-state index contributed by atoms with van der Waals surface area (Å²) in [7, 11) is 0. The Morgan fingerprint density at radius 1 is 0.714 bits per heavy atom. The van der Waals surface area contributed by atoms with Crippen LogP contribution < -0.4 is 11.5 Å². The van der Waals surface area contributed by atoms with E-state index >= 15 is 0 Å². The lowest BCUT2D eigenvalue weighted by atomic mass is 9.88. The van der Waals surface area contributed by atoms with Crippen molar-refractivity contribution >= 4 is 11.4 Å². The molecule has 112 valence electrons. The molecule has 0 bridgehead atoms. The van der Waals surface area contributed by atoms with Crippen LogP contribution in [0.4, 0.5) is 11.4 Å². The van der Waals surface area contributed by atoms with E-state index in [0.29, 0.717) is 0 Å². The number of hydrogen-bond acceptors (Lipinski definition) is 2. The van der Waals surface area contributed by atoms with E-state index in [1.807, 2.05) is 0 Å². The lowest BCUT2D eigenvalue weighted by molar-refractivity contribution is 0.990. The van der Waals surface area contributed by atoms with Crippen LogP contribution in [-0.4, -0.2) is 0 Å². The Hall–Kier alpha value is -1.96. The topological polar surface area (TPSA) is 52.0 Å². The quantitative estimate of drug-likeness (QED) is 0.826. The van der Waals surface area contributed by atoms with Gasteiger partial charge in [0.2, 0.25) is 0 Å². The third-order valence-electron chi connectivity index (χ3n) is 4.29. The van der Waals surface area contributed by atoms with Gasteiger partial charge >= 0.3 is 0 Å². The minimum atomic E-state index is 0.845. The van der Waals surface area contributed by atoms with E-state index in [4.69, 9.17) is 11.5 Å². The van der Waals surface area contributed by atoms with Gasteiger partial charge in [0.05, 0.1) is 0 Å². The number of aryl methyl sites for hydroxylation is 4. The number of benzene rings is 2. The van der Waals surface area contributed by atoms with Gasteiger partial charge in [-0.3, -0.25) is 0 Å². The molecule has 21 heavy (non-hydrogen) atoms. The van der Waals surface area contributed by atoms with Crippen LogP contribution in [-0.2, 0) is 19.3 Å². The van der Waals surface area contributed by atoms with Crippen molar-refractivity contribution in [3.8, 4) is 0 Å². The van der Waals surface area contributed by atoms with Crippen LogP contribution in [0.1, 0.15) is 47.2 Å². The molecule has 0 atom stereocenters. The van der Waals surface area contributed by atoms with Crippen LogP contribution in [0.2, 0.25) is 0 Å². The van der Waals surface area contributed by atoms with Gasteiger partial charge in [-0.05, 0) is 90.8 Å². The average molecular weight is 282 g/mol. The second-order valence-corrected chi connectivity index (χ2v) is 5.83. The second kappa shape index (κ2) is 6.21. The van der Waals surface area contributed by atoms with Crippen molar-refractivity contribution in [2.45, 2.75) is 47.0 Å². The monoisotopic (exact) mass is 282 g/mol. The molecule has 0 saturated carbocycles. The minimum Gasteiger partial charge on any atom is -0.399 e. The normalized spacial score (nSPS) is 10.9. The molecule has 0 amide bonds. The molecule has 0 fully saturated rings. The Kier molecular flexibility index (Phi) is 4.56. The first-order valence-corrected chi connectivity index (χ1v) is 7.72. The highest BCUT2D eigenvalue weighted by Gasteiger charge is 2.12. The van der Waals surface area contributed by atoms with Gasteiger partial charge in [0, 0.05) is 11.4 Å². The molecule has 2 rings (SSSR count). The standard InChI is InChI=1S/C19H26N2/c1-5-14-9-17(21)10-15(6-2)19(14)11-18-12(3)7-16(20)8-13(18)4/h7-10H,5-6,11,20-21H2,1-4H3. The smallest absolute Gasteiger partial charge is 0.0319 e. The number of hydrogen-bond donors (Lipinski definition) is 2. The molecule has 2 aromatic carbocycles. The number of rotatable bonds is 4. The van der Waals surface area contributed by atoms with Gasteiger partial charge in [0.1, 0.15) is 0 Å². The molecule has 0 unspecified atom stereocenters. The summed E-state index contributed by atoms with van der Waals surface area (Å²) in [5, 5.41) is 0. The Labute approximate surface area is 128 Å². The predicted molar refractivity (Wildman–Crippen MR) is 92.7 cm³/mol. The molecule has 0 saturated heterocycles. The van der Waals surface area contributed by atoms with E-state index < -0.39 is 0 Å². The molecular weight excluding hydrogens is 256 g/mol. The number of nitrogen functional groups attached to an aromatic ring is 2. The van der Waals surface area contributed by atoms with Crippen molar-refractivity contribution in [3.63, 3.8) is 0 Å². The molecule has 0 aromatic heterocycles. The largest absolute Gasteiger partial charge is 0.399 e. The fourth-order valence-corrected chi connectivity index (χ4v) is 3.16. The van der Waals surface area contributed by atoms with E-state index in [1.165, 1.54) is 33.4 Å². The van der Waals surface area contributed by atoms with Crippen molar-refractivity contribution in [1.29, 1.82) is 0 Å². The van der Waals surface area contributed by atoms with Gasteiger partial charge in [0.15, 0.2) is 0 Å². The van der Waals surface area contributed by atoms with Crippen molar-refractivity contribution in [2.75, 3.05) is 11.5 Å². The van der Waals surface area contributed by atoms with Gasteiger partial charge in [0.25, 0.3) is 0 Å². The zero-order chi connectivity index (χ0) is 15.6. The van der Waals surface area contributed by atoms with Crippen molar-refractivity contribution in [1.82, 2.24) is 0 Å². The van der Waals surface area contributed by atoms with Crippen molar-refractivity contribution in [2.24, 2.45) is 0 Å². The first-order valence-electron chi connectivity index (χ1n) is 7.72. The van der Waals surface area contributed by atoms with Crippen LogP contribution >= 0.6 is 0 Å². The van der Waals surface area contributed by atoms with Crippen molar-refractivity contribution in [3.05, 3.63) is 57.6 Å². The third-order valence-corrected chi connectivity index (χ3v) is 4.29. The zero-order valence-corrected chi connectivity index (χ0v) is 13.6. The van der Waals surface area contributed by atoms with E-state index in [-0.39, 0.29) is 0 Å². The summed E-state index contributed by atoms with van der Waals surface area (Å²) in [5.74, 6) is 0. The van der Waals surface area contributed by atoms with Gasteiger partial charge in [-0.2, -0.15) is 0 Å². The molecule has 0 spiro atoms. The van der Waals surface area contributed by atoms with E-state index in [1.54, 1.807) is 0 Å². The summed E-state index contributed by atoms with van der Waals surface area (Å²) < 4.78 is 0. The van der Waals surface area contributed by atoms with Gasteiger partial charge in [-0.1, -0.05) is 13.8 Å². The first-order chi connectivity index (χ1) is 9.96. The van der Waals surface area contributed by atoms with Crippen LogP contribution in [0.25, 0.3) is 0 Å². The second-order valence-electron chi connectivity index (χ2n) is 5.83. The van der Waals surface area contributed by atoms with Crippen LogP contribution in [0.15, 0.2) is 24.3 Å². The molecular formula is C19H26N2. The highest BCUT2D eigenvalue weighted by molar-refractivity contribution is 5.54. The Morgan fingerprint density at radius 3 is 1.57 bits per heavy atom. The molecule has 0 aliphatic carbocycles. The van der Waals surface area contributed by atoms with Crippen LogP contribution in [0, 0.1) is 13.8 Å². The first kappa shape index (κ1) is 15.4. The predicted octanol–water partition coefficient (Wildman–Crippen LogP) is 4.18. The Morgan fingerprint density at radius 2 is 1.14 bits per heavy atom. The minimum absolute atomic E-state index is 0.845. The average Bonchev–Trinajstić information content (AvgIpc) is 2.42. The molecule has 0 aliphatic heterocycles. The highest BCUT2D eigenvalue weighted by atomic mass is 14.5. The molecule has 2 nitrogen and oxygen atoms in total. The van der Waals surface area contributed by atoms with E-state index in [2.05, 4.69) is 52.0 Å². The van der Waals surface area contributed by atoms with Crippen molar-refractivity contribution < 1.29 is 0 Å². The number of anilines is 2. The van der Waals surface area contributed by atoms with Gasteiger partial charge in [-0.15, -0.1) is 0 Å². The molecule has 4 N–H and O–H groups in total. The maximum atomic E-state index is 6.04. The van der Waals surface area contributed by atoms with Gasteiger partial charge < -0.3 is 11.5 Å². The third kappa shape index (κ3) is 3.21. The summed E-state index contributed by atoms with van der Waals surface area (Å²) >= 11 is 0. The summed E-state index contributed by atoms with van der Waals surface area (Å²) in [5.41, 5.74) is 21.8. The summed E-state index contributed by atoms with van der Waals surface area (Å²) in [6.07, 6.45) is 2.99. The number of nitrogens with two attached hydrogens (primary N) is 2. The molecule has 0 heterocycles. The van der Waals surface area contributed by atoms with Crippen LogP contribution in [0.3, 0.4) is 0 Å². The maximum Gasteiger partial charge on any atom is 0.0319 e. The highest BCUT2D eigenvalue weighted by Crippen LogP contribution is 2.27. The van der Waals surface area contributed by atoms with Gasteiger partial charge in [-0.25, -0.2) is 0 Å². The molecule has 2 heteroatoms. The Balaban J connectivity index is 2.54. The zero-order valence-electron chi connectivity index (χ0n) is 13.6. The fourth-order valence-electron chi connectivity index (χ4n) is 3.16. The molecule has 0 radical (unpaired) electrons. The molecule has 2 aromatic rings. The summed E-state index contributed by atoms with van der Waals surface area (Å²) in [4.78, 5) is 0. The lowest BCUT2D eigenvalue weighted by Crippen LogP contribution is -2.05. The molecule has 0 aliphatic rings. The van der Waals surface area contributed by atoms with E-state index in [9.17, 15) is 0 Å².